The van der Waals surface area contributed by atoms with Gasteiger partial charge >= 0.3 is 5.97 Å². The van der Waals surface area contributed by atoms with Crippen molar-refractivity contribution in [3.8, 4) is 0 Å². The maximum atomic E-state index is 10.8. The predicted octanol–water partition coefficient (Wildman–Crippen LogP) is 2.00. The maximum Gasteiger partial charge on any atom is 0.358 e. The van der Waals surface area contributed by atoms with Crippen LogP contribution in [0.2, 0.25) is 5.02 Å². The van der Waals surface area contributed by atoms with Crippen molar-refractivity contribution < 1.29 is 9.90 Å². The largest absolute Gasteiger partial charge is 0.476 e. The number of halogens is 1. The topological polar surface area (TPSA) is 71.2 Å². The van der Waals surface area contributed by atoms with Gasteiger partial charge in [-0.1, -0.05) is 28.9 Å². The molecule has 0 radical (unpaired) electrons. The van der Waals surface area contributed by atoms with Crippen molar-refractivity contribution in [1.82, 2.24) is 19.9 Å². The Labute approximate surface area is 126 Å². The second-order valence-corrected chi connectivity index (χ2v) is 5.73. The lowest BCUT2D eigenvalue weighted by molar-refractivity contribution is 0.0690. The van der Waals surface area contributed by atoms with Gasteiger partial charge in [0.05, 0.1) is 12.2 Å². The standard InChI is InChI=1S/C14H15ClN4O2/c1-9-2-3-10(4-12(9)15)5-18-6-11(7-18)19-8-13(14(20)21)16-17-19/h2-4,8,11H,5-7H2,1H3,(H,20,21). The van der Waals surface area contributed by atoms with E-state index < -0.39 is 5.97 Å². The first-order chi connectivity index (χ1) is 10.0. The number of rotatable bonds is 4. The number of aryl methyl sites for hydroxylation is 1. The summed E-state index contributed by atoms with van der Waals surface area (Å²) >= 11 is 6.12. The zero-order valence-corrected chi connectivity index (χ0v) is 12.3. The Kier molecular flexibility index (Phi) is 3.65. The highest BCUT2D eigenvalue weighted by molar-refractivity contribution is 6.31. The summed E-state index contributed by atoms with van der Waals surface area (Å²) in [7, 11) is 0. The predicted molar refractivity (Wildman–Crippen MR) is 77.5 cm³/mol. The molecular weight excluding hydrogens is 292 g/mol. The van der Waals surface area contributed by atoms with Crippen molar-refractivity contribution in [3.05, 3.63) is 46.2 Å². The van der Waals surface area contributed by atoms with Gasteiger partial charge in [-0.3, -0.25) is 4.90 Å². The van der Waals surface area contributed by atoms with Gasteiger partial charge in [0.25, 0.3) is 0 Å². The van der Waals surface area contributed by atoms with E-state index in [4.69, 9.17) is 16.7 Å². The molecule has 110 valence electrons. The van der Waals surface area contributed by atoms with E-state index in [9.17, 15) is 4.79 Å². The minimum absolute atomic E-state index is 0.0150. The van der Waals surface area contributed by atoms with Crippen LogP contribution in [0.4, 0.5) is 0 Å². The maximum absolute atomic E-state index is 10.8. The van der Waals surface area contributed by atoms with Crippen LogP contribution in [-0.2, 0) is 6.54 Å². The van der Waals surface area contributed by atoms with Gasteiger partial charge in [-0.2, -0.15) is 0 Å². The highest BCUT2D eigenvalue weighted by Crippen LogP contribution is 2.24. The molecule has 1 aromatic carbocycles. The summed E-state index contributed by atoms with van der Waals surface area (Å²) in [6.45, 7) is 4.47. The summed E-state index contributed by atoms with van der Waals surface area (Å²) in [4.78, 5) is 13.0. The van der Waals surface area contributed by atoms with Crippen LogP contribution >= 0.6 is 11.6 Å². The van der Waals surface area contributed by atoms with Crippen LogP contribution in [0, 0.1) is 6.92 Å². The highest BCUT2D eigenvalue weighted by Gasteiger charge is 2.29. The third-order valence-corrected chi connectivity index (χ3v) is 4.09. The van der Waals surface area contributed by atoms with Gasteiger partial charge in [0.15, 0.2) is 5.69 Å². The number of benzene rings is 1. The zero-order chi connectivity index (χ0) is 15.0. The van der Waals surface area contributed by atoms with Crippen molar-refractivity contribution >= 4 is 17.6 Å². The van der Waals surface area contributed by atoms with Gasteiger partial charge < -0.3 is 5.11 Å². The molecule has 2 aromatic rings. The van der Waals surface area contributed by atoms with Gasteiger partial charge in [0, 0.05) is 24.7 Å². The van der Waals surface area contributed by atoms with Crippen LogP contribution in [0.25, 0.3) is 0 Å². The summed E-state index contributed by atoms with van der Waals surface area (Å²) in [5, 5.41) is 17.1. The fourth-order valence-corrected chi connectivity index (χ4v) is 2.59. The first-order valence-corrected chi connectivity index (χ1v) is 7.03. The summed E-state index contributed by atoms with van der Waals surface area (Å²) in [5.74, 6) is -1.05. The number of nitrogens with zero attached hydrogens (tertiary/aromatic N) is 4. The molecule has 1 aromatic heterocycles. The number of likely N-dealkylation sites (tertiary alicyclic amines) is 1. The van der Waals surface area contributed by atoms with Gasteiger partial charge in [0.2, 0.25) is 0 Å². The molecule has 21 heavy (non-hydrogen) atoms. The summed E-state index contributed by atoms with van der Waals surface area (Å²) in [6, 6.07) is 6.27. The van der Waals surface area contributed by atoms with E-state index in [2.05, 4.69) is 21.3 Å². The van der Waals surface area contributed by atoms with Crippen LogP contribution in [0.15, 0.2) is 24.4 Å². The lowest BCUT2D eigenvalue weighted by Crippen LogP contribution is -2.47. The van der Waals surface area contributed by atoms with Crippen molar-refractivity contribution in [2.75, 3.05) is 13.1 Å². The quantitative estimate of drug-likeness (QED) is 0.935. The molecule has 1 saturated heterocycles. The normalized spacial score (nSPS) is 15.9. The summed E-state index contributed by atoms with van der Waals surface area (Å²) < 4.78 is 1.63. The van der Waals surface area contributed by atoms with Crippen LogP contribution in [0.5, 0.6) is 0 Å². The van der Waals surface area contributed by atoms with Crippen molar-refractivity contribution in [3.63, 3.8) is 0 Å². The molecule has 0 amide bonds. The molecule has 3 rings (SSSR count). The third kappa shape index (κ3) is 2.91. The molecule has 1 N–H and O–H groups in total. The Balaban J connectivity index is 1.57. The molecule has 2 heterocycles. The highest BCUT2D eigenvalue weighted by atomic mass is 35.5. The molecule has 0 aliphatic carbocycles. The Hall–Kier alpha value is -1.92. The van der Waals surface area contributed by atoms with E-state index in [1.807, 2.05) is 19.1 Å². The Morgan fingerprint density at radius 1 is 1.48 bits per heavy atom. The lowest BCUT2D eigenvalue weighted by Gasteiger charge is -2.38. The summed E-state index contributed by atoms with van der Waals surface area (Å²) in [6.07, 6.45) is 1.48. The van der Waals surface area contributed by atoms with E-state index in [1.54, 1.807) is 4.68 Å². The Morgan fingerprint density at radius 2 is 2.24 bits per heavy atom. The van der Waals surface area contributed by atoms with E-state index in [1.165, 1.54) is 11.8 Å². The van der Waals surface area contributed by atoms with E-state index in [0.717, 1.165) is 30.2 Å². The number of hydrogen-bond donors (Lipinski definition) is 1. The Morgan fingerprint density at radius 3 is 2.86 bits per heavy atom. The molecule has 7 heteroatoms. The molecule has 0 unspecified atom stereocenters. The first kappa shape index (κ1) is 14.0. The number of carbonyl (C=O) groups is 1. The van der Waals surface area contributed by atoms with Gasteiger partial charge in [-0.05, 0) is 24.1 Å². The van der Waals surface area contributed by atoms with Gasteiger partial charge in [0.1, 0.15) is 0 Å². The van der Waals surface area contributed by atoms with Crippen molar-refractivity contribution in [1.29, 1.82) is 0 Å². The van der Waals surface area contributed by atoms with E-state index in [-0.39, 0.29) is 11.7 Å². The second-order valence-electron chi connectivity index (χ2n) is 5.32. The minimum Gasteiger partial charge on any atom is -0.476 e. The van der Waals surface area contributed by atoms with Gasteiger partial charge in [-0.15, -0.1) is 5.10 Å². The fraction of sp³-hybridized carbons (Fsp3) is 0.357. The van der Waals surface area contributed by atoms with Crippen LogP contribution in [0.1, 0.15) is 27.7 Å². The summed E-state index contributed by atoms with van der Waals surface area (Å²) in [5.41, 5.74) is 2.23. The number of carboxylic acids is 1. The number of carboxylic acid groups (broad SMARTS) is 1. The average Bonchev–Trinajstić information content (AvgIpc) is 2.87. The molecule has 0 spiro atoms. The number of hydrogen-bond acceptors (Lipinski definition) is 4. The average molecular weight is 307 g/mol. The van der Waals surface area contributed by atoms with Crippen LogP contribution in [0.3, 0.4) is 0 Å². The molecule has 6 nitrogen and oxygen atoms in total. The van der Waals surface area contributed by atoms with Crippen LogP contribution in [-0.4, -0.2) is 44.1 Å². The molecule has 0 saturated carbocycles. The Bertz CT molecular complexity index is 679. The van der Waals surface area contributed by atoms with Crippen molar-refractivity contribution in [2.24, 2.45) is 0 Å². The lowest BCUT2D eigenvalue weighted by atomic mass is 10.1. The SMILES string of the molecule is Cc1ccc(CN2CC(n3cc(C(=O)O)nn3)C2)cc1Cl. The number of aromatic carboxylic acids is 1. The van der Waals surface area contributed by atoms with E-state index in [0.29, 0.717) is 0 Å². The van der Waals surface area contributed by atoms with E-state index >= 15 is 0 Å². The molecule has 0 bridgehead atoms. The smallest absolute Gasteiger partial charge is 0.358 e. The first-order valence-electron chi connectivity index (χ1n) is 6.65. The zero-order valence-electron chi connectivity index (χ0n) is 11.5. The molecular formula is C14H15ClN4O2. The van der Waals surface area contributed by atoms with Crippen LogP contribution < -0.4 is 0 Å². The van der Waals surface area contributed by atoms with Gasteiger partial charge in [-0.25, -0.2) is 9.48 Å². The molecule has 1 aliphatic heterocycles. The second kappa shape index (κ2) is 5.46. The fourth-order valence-electron chi connectivity index (χ4n) is 2.39. The van der Waals surface area contributed by atoms with Crippen molar-refractivity contribution in [2.45, 2.75) is 19.5 Å². The third-order valence-electron chi connectivity index (χ3n) is 3.68. The minimum atomic E-state index is -1.05. The molecule has 1 fully saturated rings. The molecule has 1 aliphatic rings. The number of aromatic nitrogens is 3. The molecule has 0 atom stereocenters. The monoisotopic (exact) mass is 306 g/mol.